The molecule has 0 N–H and O–H groups in total. The number of aromatic nitrogens is 1. The van der Waals surface area contributed by atoms with Gasteiger partial charge in [-0.1, -0.05) is 54.6 Å². The van der Waals surface area contributed by atoms with E-state index in [9.17, 15) is 0 Å². The molecule has 0 radical (unpaired) electrons. The minimum atomic E-state index is 1.12. The molecular weight excluding hydrogens is 278 g/mol. The van der Waals surface area contributed by atoms with Gasteiger partial charge in [0, 0.05) is 21.7 Å². The highest BCUT2D eigenvalue weighted by Crippen LogP contribution is 2.26. The molecule has 112 valence electrons. The smallest absolute Gasteiger partial charge is 0.0544 e. The van der Waals surface area contributed by atoms with Gasteiger partial charge in [-0.25, -0.2) is 0 Å². The van der Waals surface area contributed by atoms with Crippen LogP contribution in [0.25, 0.3) is 39.5 Å². The van der Waals surface area contributed by atoms with Crippen LogP contribution in [0.4, 0.5) is 0 Å². The molecule has 2 aliphatic carbocycles. The topological polar surface area (TPSA) is 4.93 Å². The van der Waals surface area contributed by atoms with Crippen molar-refractivity contribution in [2.45, 2.75) is 25.7 Å². The van der Waals surface area contributed by atoms with Gasteiger partial charge in [0.25, 0.3) is 0 Å². The Kier molecular flexibility index (Phi) is 2.81. The molecule has 2 aromatic carbocycles. The zero-order chi connectivity index (χ0) is 15.2. The largest absolute Gasteiger partial charge is 0.313 e. The van der Waals surface area contributed by atoms with Crippen molar-refractivity contribution in [1.29, 1.82) is 0 Å². The zero-order valence-corrected chi connectivity index (χ0v) is 13.1. The van der Waals surface area contributed by atoms with E-state index in [4.69, 9.17) is 0 Å². The van der Waals surface area contributed by atoms with Crippen LogP contribution in [0, 0.1) is 0 Å². The lowest BCUT2D eigenvalue weighted by molar-refractivity contribution is 0.935. The average molecular weight is 297 g/mol. The first-order valence-electron chi connectivity index (χ1n) is 8.52. The number of allylic oxidation sites excluding steroid dienone is 4. The molecule has 3 aromatic rings. The van der Waals surface area contributed by atoms with Crippen molar-refractivity contribution in [3.8, 4) is 0 Å². The van der Waals surface area contributed by atoms with Gasteiger partial charge in [0.1, 0.15) is 0 Å². The van der Waals surface area contributed by atoms with Crippen LogP contribution < -0.4 is 10.6 Å². The number of fused-ring (bicyclic) bond motifs is 5. The van der Waals surface area contributed by atoms with E-state index in [0.717, 1.165) is 25.7 Å². The molecule has 0 fully saturated rings. The fraction of sp³-hybridized carbons (Fsp3) is 0.182. The van der Waals surface area contributed by atoms with Crippen LogP contribution in [0.5, 0.6) is 0 Å². The first-order chi connectivity index (χ1) is 11.4. The van der Waals surface area contributed by atoms with E-state index >= 15 is 0 Å². The van der Waals surface area contributed by atoms with E-state index in [2.05, 4.69) is 71.3 Å². The lowest BCUT2D eigenvalue weighted by Gasteiger charge is -2.13. The second-order valence-corrected chi connectivity index (χ2v) is 6.43. The fourth-order valence-corrected chi connectivity index (χ4v) is 4.05. The predicted molar refractivity (Wildman–Crippen MR) is 99.5 cm³/mol. The van der Waals surface area contributed by atoms with Crippen molar-refractivity contribution in [2.75, 3.05) is 0 Å². The van der Waals surface area contributed by atoms with Crippen LogP contribution >= 0.6 is 0 Å². The van der Waals surface area contributed by atoms with Crippen LogP contribution in [-0.2, 0) is 0 Å². The van der Waals surface area contributed by atoms with Gasteiger partial charge in [0.05, 0.1) is 5.52 Å². The highest BCUT2D eigenvalue weighted by Gasteiger charge is 2.15. The van der Waals surface area contributed by atoms with Gasteiger partial charge >= 0.3 is 0 Å². The third-order valence-electron chi connectivity index (χ3n) is 5.07. The van der Waals surface area contributed by atoms with Gasteiger partial charge in [-0.2, -0.15) is 0 Å². The van der Waals surface area contributed by atoms with Gasteiger partial charge < -0.3 is 4.57 Å². The van der Waals surface area contributed by atoms with E-state index in [-0.39, 0.29) is 0 Å². The van der Waals surface area contributed by atoms with Gasteiger partial charge in [-0.05, 0) is 48.6 Å². The number of hydrogen-bond donors (Lipinski definition) is 0. The van der Waals surface area contributed by atoms with Crippen LogP contribution in [-0.4, -0.2) is 4.57 Å². The molecule has 1 heteroatoms. The van der Waals surface area contributed by atoms with E-state index in [1.54, 1.807) is 0 Å². The quantitative estimate of drug-likeness (QED) is 0.629. The van der Waals surface area contributed by atoms with Crippen molar-refractivity contribution < 1.29 is 0 Å². The molecule has 1 aromatic heterocycles. The summed E-state index contributed by atoms with van der Waals surface area (Å²) in [6.45, 7) is 0. The van der Waals surface area contributed by atoms with Crippen LogP contribution in [0.15, 0.2) is 54.6 Å². The summed E-state index contributed by atoms with van der Waals surface area (Å²) in [5.74, 6) is 0. The maximum atomic E-state index is 2.50. The number of benzene rings is 2. The van der Waals surface area contributed by atoms with Gasteiger partial charge in [0.2, 0.25) is 0 Å². The van der Waals surface area contributed by atoms with Crippen molar-refractivity contribution in [1.82, 2.24) is 4.57 Å². The Hall–Kier alpha value is -2.54. The van der Waals surface area contributed by atoms with Crippen molar-refractivity contribution in [3.63, 3.8) is 0 Å². The normalized spacial score (nSPS) is 16.8. The molecule has 0 saturated heterocycles. The molecule has 2 aliphatic rings. The van der Waals surface area contributed by atoms with E-state index in [1.165, 1.54) is 37.9 Å². The van der Waals surface area contributed by atoms with Crippen molar-refractivity contribution in [2.24, 2.45) is 0 Å². The summed E-state index contributed by atoms with van der Waals surface area (Å²) in [6.07, 6.45) is 16.1. The lowest BCUT2D eigenvalue weighted by atomic mass is 10.0. The van der Waals surface area contributed by atoms with Crippen LogP contribution in [0.2, 0.25) is 0 Å². The van der Waals surface area contributed by atoms with Crippen LogP contribution in [0.3, 0.4) is 0 Å². The highest BCUT2D eigenvalue weighted by atomic mass is 15.0. The first kappa shape index (κ1) is 13.0. The summed E-state index contributed by atoms with van der Waals surface area (Å²) < 4.78 is 2.50. The summed E-state index contributed by atoms with van der Waals surface area (Å²) in [7, 11) is 0. The lowest BCUT2D eigenvalue weighted by Crippen LogP contribution is -2.30. The molecule has 0 aliphatic heterocycles. The molecule has 0 amide bonds. The Bertz CT molecular complexity index is 1110. The summed E-state index contributed by atoms with van der Waals surface area (Å²) >= 11 is 0. The average Bonchev–Trinajstić information content (AvgIpc) is 2.97. The summed E-state index contributed by atoms with van der Waals surface area (Å²) in [4.78, 5) is 0. The van der Waals surface area contributed by atoms with E-state index < -0.39 is 0 Å². The standard InChI is InChI=1S/C22H19N/c1-2-9-17(10-3-1)23-20-13-7-6-12-19(20)22-18-11-5-4-8-16(18)14-15-21(22)23/h1-2,4-5,8-9,11-15H,3,6-7,10H2. The summed E-state index contributed by atoms with van der Waals surface area (Å²) in [5.41, 5.74) is 2.77. The second kappa shape index (κ2) is 4.99. The number of nitrogens with zero attached hydrogens (tertiary/aromatic N) is 1. The third kappa shape index (κ3) is 1.86. The van der Waals surface area contributed by atoms with Crippen LogP contribution in [0.1, 0.15) is 25.7 Å². The Labute approximate surface area is 135 Å². The maximum absolute atomic E-state index is 2.50. The minimum absolute atomic E-state index is 1.12. The zero-order valence-electron chi connectivity index (χ0n) is 13.1. The highest BCUT2D eigenvalue weighted by molar-refractivity contribution is 6.08. The molecule has 0 spiro atoms. The van der Waals surface area contributed by atoms with Crippen molar-refractivity contribution in [3.05, 3.63) is 65.2 Å². The SMILES string of the molecule is C1=CCCC(n2c3c(c4c5ccccc5ccc42)=CCCC=3)=C1. The molecule has 0 saturated carbocycles. The monoisotopic (exact) mass is 297 g/mol. The number of hydrogen-bond acceptors (Lipinski definition) is 0. The summed E-state index contributed by atoms with van der Waals surface area (Å²) in [6, 6.07) is 13.3. The van der Waals surface area contributed by atoms with E-state index in [0.29, 0.717) is 0 Å². The maximum Gasteiger partial charge on any atom is 0.0544 e. The Balaban J connectivity index is 2.02. The van der Waals surface area contributed by atoms with Gasteiger partial charge in [-0.3, -0.25) is 0 Å². The first-order valence-corrected chi connectivity index (χ1v) is 8.52. The Morgan fingerprint density at radius 2 is 1.78 bits per heavy atom. The molecule has 23 heavy (non-hydrogen) atoms. The molecule has 0 atom stereocenters. The molecule has 5 rings (SSSR count). The molecule has 1 nitrogen and oxygen atoms in total. The molecule has 1 heterocycles. The summed E-state index contributed by atoms with van der Waals surface area (Å²) in [5, 5.41) is 6.95. The second-order valence-electron chi connectivity index (χ2n) is 6.43. The van der Waals surface area contributed by atoms with Gasteiger partial charge in [0.15, 0.2) is 0 Å². The predicted octanol–water partition coefficient (Wildman–Crippen LogP) is 4.34. The minimum Gasteiger partial charge on any atom is -0.313 e. The fourth-order valence-electron chi connectivity index (χ4n) is 4.05. The molecule has 0 unspecified atom stereocenters. The third-order valence-corrected chi connectivity index (χ3v) is 5.07. The Morgan fingerprint density at radius 3 is 2.70 bits per heavy atom. The molecule has 0 bridgehead atoms. The van der Waals surface area contributed by atoms with Crippen molar-refractivity contribution >= 4 is 39.5 Å². The van der Waals surface area contributed by atoms with E-state index in [1.807, 2.05) is 0 Å². The Morgan fingerprint density at radius 1 is 0.870 bits per heavy atom. The van der Waals surface area contributed by atoms with Gasteiger partial charge in [-0.15, -0.1) is 0 Å². The molecular formula is C22H19N. The number of rotatable bonds is 1.